The number of hydrogen-bond donors (Lipinski definition) is 2. The van der Waals surface area contributed by atoms with Crippen LogP contribution >= 0.6 is 0 Å². The molecule has 94 valence electrons. The fourth-order valence-corrected chi connectivity index (χ4v) is 2.63. The molecule has 2 atom stereocenters. The van der Waals surface area contributed by atoms with Crippen molar-refractivity contribution in [2.75, 3.05) is 25.4 Å². The molecule has 3 heteroatoms. The van der Waals surface area contributed by atoms with Gasteiger partial charge in [-0.15, -0.1) is 0 Å². The summed E-state index contributed by atoms with van der Waals surface area (Å²) >= 11 is 0. The minimum absolute atomic E-state index is 0.306. The van der Waals surface area contributed by atoms with E-state index in [0.29, 0.717) is 18.6 Å². The van der Waals surface area contributed by atoms with Crippen LogP contribution in [-0.4, -0.2) is 29.7 Å². The Hall–Kier alpha value is -1.06. The summed E-state index contributed by atoms with van der Waals surface area (Å²) in [7, 11) is 0. The van der Waals surface area contributed by atoms with Gasteiger partial charge in [0, 0.05) is 24.9 Å². The Balaban J connectivity index is 2.06. The van der Waals surface area contributed by atoms with Gasteiger partial charge < -0.3 is 10.8 Å². The predicted octanol–water partition coefficient (Wildman–Crippen LogP) is 2.03. The van der Waals surface area contributed by atoms with Crippen LogP contribution in [0.5, 0.6) is 0 Å². The van der Waals surface area contributed by atoms with E-state index in [1.807, 2.05) is 18.2 Å². The van der Waals surface area contributed by atoms with Gasteiger partial charge in [-0.3, -0.25) is 4.90 Å². The second-order valence-corrected chi connectivity index (χ2v) is 5.03. The highest BCUT2D eigenvalue weighted by Crippen LogP contribution is 2.27. The molecule has 2 unspecified atom stereocenters. The second kappa shape index (κ2) is 5.52. The largest absolute Gasteiger partial charge is 0.399 e. The van der Waals surface area contributed by atoms with Crippen molar-refractivity contribution in [2.24, 2.45) is 5.92 Å². The molecule has 1 aromatic rings. The van der Waals surface area contributed by atoms with Gasteiger partial charge in [-0.2, -0.15) is 0 Å². The van der Waals surface area contributed by atoms with Crippen LogP contribution in [0.1, 0.15) is 31.4 Å². The van der Waals surface area contributed by atoms with Crippen LogP contribution in [0.3, 0.4) is 0 Å². The van der Waals surface area contributed by atoms with Gasteiger partial charge in [0.2, 0.25) is 0 Å². The van der Waals surface area contributed by atoms with Gasteiger partial charge in [0.1, 0.15) is 0 Å². The lowest BCUT2D eigenvalue weighted by molar-refractivity contribution is 0.0936. The van der Waals surface area contributed by atoms with Gasteiger partial charge in [-0.05, 0) is 49.9 Å². The van der Waals surface area contributed by atoms with Crippen LogP contribution in [0, 0.1) is 5.92 Å². The van der Waals surface area contributed by atoms with E-state index in [2.05, 4.69) is 17.9 Å². The summed E-state index contributed by atoms with van der Waals surface area (Å²) in [4.78, 5) is 2.44. The smallest absolute Gasteiger partial charge is 0.0471 e. The fourth-order valence-electron chi connectivity index (χ4n) is 2.63. The summed E-state index contributed by atoms with van der Waals surface area (Å²) in [5, 5.41) is 9.26. The number of aliphatic hydroxyl groups is 1. The van der Waals surface area contributed by atoms with E-state index >= 15 is 0 Å². The highest BCUT2D eigenvalue weighted by molar-refractivity contribution is 5.41. The third-order valence-electron chi connectivity index (χ3n) is 3.75. The number of hydrogen-bond acceptors (Lipinski definition) is 3. The van der Waals surface area contributed by atoms with Crippen molar-refractivity contribution in [1.29, 1.82) is 0 Å². The topological polar surface area (TPSA) is 49.5 Å². The van der Waals surface area contributed by atoms with Crippen molar-refractivity contribution in [3.05, 3.63) is 29.8 Å². The lowest BCUT2D eigenvalue weighted by atomic mass is 9.96. The number of likely N-dealkylation sites (tertiary alicyclic amines) is 1. The van der Waals surface area contributed by atoms with Gasteiger partial charge in [0.15, 0.2) is 0 Å². The Kier molecular flexibility index (Phi) is 4.02. The Morgan fingerprint density at radius 1 is 1.53 bits per heavy atom. The first-order valence-electron chi connectivity index (χ1n) is 6.41. The van der Waals surface area contributed by atoms with E-state index in [9.17, 15) is 5.11 Å². The van der Waals surface area contributed by atoms with Crippen molar-refractivity contribution in [1.82, 2.24) is 4.90 Å². The lowest BCUT2D eigenvalue weighted by Gasteiger charge is -2.36. The van der Waals surface area contributed by atoms with Gasteiger partial charge in [-0.25, -0.2) is 0 Å². The first kappa shape index (κ1) is 12.4. The highest BCUT2D eigenvalue weighted by atomic mass is 16.3. The van der Waals surface area contributed by atoms with Crippen LogP contribution in [0.25, 0.3) is 0 Å². The molecule has 17 heavy (non-hydrogen) atoms. The Morgan fingerprint density at radius 3 is 3.06 bits per heavy atom. The zero-order chi connectivity index (χ0) is 12.3. The molecule has 0 saturated carbocycles. The van der Waals surface area contributed by atoms with Crippen molar-refractivity contribution in [3.8, 4) is 0 Å². The summed E-state index contributed by atoms with van der Waals surface area (Å²) < 4.78 is 0. The van der Waals surface area contributed by atoms with Crippen molar-refractivity contribution in [2.45, 2.75) is 25.8 Å². The Labute approximate surface area is 103 Å². The van der Waals surface area contributed by atoms with Gasteiger partial charge in [0.05, 0.1) is 0 Å². The normalized spacial score (nSPS) is 23.5. The molecule has 0 aliphatic carbocycles. The molecule has 0 radical (unpaired) electrons. The first-order chi connectivity index (χ1) is 8.20. The SMILES string of the molecule is CC(c1cccc(N)c1)N1CCCC(CO)C1. The molecule has 0 amide bonds. The second-order valence-electron chi connectivity index (χ2n) is 5.03. The molecule has 1 saturated heterocycles. The molecule has 0 bridgehead atoms. The highest BCUT2D eigenvalue weighted by Gasteiger charge is 2.23. The molecule has 3 nitrogen and oxygen atoms in total. The minimum Gasteiger partial charge on any atom is -0.399 e. The average Bonchev–Trinajstić information content (AvgIpc) is 2.38. The minimum atomic E-state index is 0.306. The Bertz CT molecular complexity index is 367. The molecule has 3 N–H and O–H groups in total. The first-order valence-corrected chi connectivity index (χ1v) is 6.41. The maximum Gasteiger partial charge on any atom is 0.0471 e. The predicted molar refractivity (Wildman–Crippen MR) is 70.7 cm³/mol. The molecule has 1 aliphatic rings. The Morgan fingerprint density at radius 2 is 2.35 bits per heavy atom. The van der Waals surface area contributed by atoms with E-state index in [-0.39, 0.29) is 0 Å². The number of nitrogens with two attached hydrogens (primary N) is 1. The van der Waals surface area contributed by atoms with Crippen molar-refractivity contribution < 1.29 is 5.11 Å². The average molecular weight is 234 g/mol. The summed E-state index contributed by atoms with van der Waals surface area (Å²) in [5.74, 6) is 0.437. The lowest BCUT2D eigenvalue weighted by Crippen LogP contribution is -2.38. The molecule has 1 aliphatic heterocycles. The monoisotopic (exact) mass is 234 g/mol. The summed E-state index contributed by atoms with van der Waals surface area (Å²) in [6, 6.07) is 8.49. The maximum absolute atomic E-state index is 9.26. The molecule has 1 aromatic carbocycles. The van der Waals surface area contributed by atoms with E-state index in [1.165, 1.54) is 12.0 Å². The van der Waals surface area contributed by atoms with Crippen LogP contribution in [0.15, 0.2) is 24.3 Å². The van der Waals surface area contributed by atoms with Gasteiger partial charge in [-0.1, -0.05) is 12.1 Å². The van der Waals surface area contributed by atoms with E-state index in [4.69, 9.17) is 5.73 Å². The van der Waals surface area contributed by atoms with Crippen LogP contribution < -0.4 is 5.73 Å². The third-order valence-corrected chi connectivity index (χ3v) is 3.75. The number of rotatable bonds is 3. The number of aliphatic hydroxyl groups excluding tert-OH is 1. The van der Waals surface area contributed by atoms with Crippen LogP contribution in [0.2, 0.25) is 0 Å². The number of benzene rings is 1. The van der Waals surface area contributed by atoms with Gasteiger partial charge in [0.25, 0.3) is 0 Å². The maximum atomic E-state index is 9.26. The third kappa shape index (κ3) is 2.99. The van der Waals surface area contributed by atoms with Crippen molar-refractivity contribution >= 4 is 5.69 Å². The van der Waals surface area contributed by atoms with Crippen LogP contribution in [0.4, 0.5) is 5.69 Å². The van der Waals surface area contributed by atoms with E-state index < -0.39 is 0 Å². The quantitative estimate of drug-likeness (QED) is 0.787. The molecular formula is C14H22N2O. The number of nitrogen functional groups attached to an aromatic ring is 1. The van der Waals surface area contributed by atoms with Crippen molar-refractivity contribution in [3.63, 3.8) is 0 Å². The summed E-state index contributed by atoms with van der Waals surface area (Å²) in [5.41, 5.74) is 7.91. The van der Waals surface area contributed by atoms with E-state index in [1.54, 1.807) is 0 Å². The number of anilines is 1. The zero-order valence-electron chi connectivity index (χ0n) is 10.5. The standard InChI is InChI=1S/C14H22N2O/c1-11(13-5-2-6-14(15)8-13)16-7-3-4-12(9-16)10-17/h2,5-6,8,11-12,17H,3-4,7,9-10,15H2,1H3. The summed E-state index contributed by atoms with van der Waals surface area (Å²) in [6.07, 6.45) is 2.33. The number of piperidine rings is 1. The van der Waals surface area contributed by atoms with Gasteiger partial charge >= 0.3 is 0 Å². The van der Waals surface area contributed by atoms with E-state index in [0.717, 1.165) is 25.2 Å². The molecule has 1 fully saturated rings. The molecule has 1 heterocycles. The molecule has 2 rings (SSSR count). The fraction of sp³-hybridized carbons (Fsp3) is 0.571. The molecule has 0 aromatic heterocycles. The molecule has 0 spiro atoms. The zero-order valence-corrected chi connectivity index (χ0v) is 10.5. The number of nitrogens with zero attached hydrogens (tertiary/aromatic N) is 1. The molecular weight excluding hydrogens is 212 g/mol. The van der Waals surface area contributed by atoms with Crippen LogP contribution in [-0.2, 0) is 0 Å². The summed E-state index contributed by atoms with van der Waals surface area (Å²) in [6.45, 7) is 4.63.